The van der Waals surface area contributed by atoms with E-state index in [-0.39, 0.29) is 18.4 Å². The molecule has 1 saturated carbocycles. The number of nitrogens with zero attached hydrogens (tertiary/aromatic N) is 5. The summed E-state index contributed by atoms with van der Waals surface area (Å²) in [5.74, 6) is 5.19. The zero-order valence-electron chi connectivity index (χ0n) is 18.5. The second-order valence-corrected chi connectivity index (χ2v) is 9.02. The summed E-state index contributed by atoms with van der Waals surface area (Å²) in [6.45, 7) is 2.21. The van der Waals surface area contributed by atoms with Crippen molar-refractivity contribution in [3.63, 3.8) is 0 Å². The molecule has 10 heteroatoms. The number of anilines is 2. The molecule has 2 aromatic carbocycles. The molecule has 35 heavy (non-hydrogen) atoms. The van der Waals surface area contributed by atoms with Gasteiger partial charge in [0.25, 0.3) is 5.78 Å². The Morgan fingerprint density at radius 2 is 1.83 bits per heavy atom. The average molecular weight is 483 g/mol. The number of aromatic nitrogens is 4. The van der Waals surface area contributed by atoms with Crippen LogP contribution >= 0.6 is 0 Å². The first-order chi connectivity index (χ1) is 16.7. The van der Waals surface area contributed by atoms with Crippen molar-refractivity contribution >= 4 is 28.2 Å². The predicted octanol–water partition coefficient (Wildman–Crippen LogP) is 5.64. The van der Waals surface area contributed by atoms with Crippen molar-refractivity contribution in [3.8, 4) is 11.8 Å². The van der Waals surface area contributed by atoms with Crippen molar-refractivity contribution in [1.82, 2.24) is 19.6 Å². The maximum Gasteiger partial charge on any atom is 0.405 e. The highest BCUT2D eigenvalue weighted by atomic mass is 19.4. The summed E-state index contributed by atoms with van der Waals surface area (Å²) in [5.41, 5.74) is -0.0386. The third kappa shape index (κ3) is 3.40. The Hall–Kier alpha value is -3.74. The standard InChI is InChI=1S/C25H18F5N5/c1-14-32-33-23-31-22(19-12-16(26)4-5-20(19)35(14)23)34-10-2-3-18-15(11-17(27)13-21(18)34)6-7-24(8-9-24)25(28,29)30/h4-5,11-13H,2-3,8-10H2,1H3. The lowest BCUT2D eigenvalue weighted by Gasteiger charge is -2.32. The minimum absolute atomic E-state index is 0.0492. The smallest absolute Gasteiger partial charge is 0.325 e. The van der Waals surface area contributed by atoms with Crippen molar-refractivity contribution in [2.75, 3.05) is 11.4 Å². The Labute approximate surface area is 196 Å². The molecule has 0 unspecified atom stereocenters. The van der Waals surface area contributed by atoms with E-state index >= 15 is 0 Å². The van der Waals surface area contributed by atoms with Crippen LogP contribution in [0.4, 0.5) is 33.5 Å². The highest BCUT2D eigenvalue weighted by Gasteiger charge is 2.62. The van der Waals surface area contributed by atoms with Gasteiger partial charge >= 0.3 is 6.18 Å². The van der Waals surface area contributed by atoms with Gasteiger partial charge in [-0.1, -0.05) is 11.8 Å². The molecule has 1 aliphatic carbocycles. The Morgan fingerprint density at radius 1 is 1.03 bits per heavy atom. The predicted molar refractivity (Wildman–Crippen MR) is 119 cm³/mol. The third-order valence-electron chi connectivity index (χ3n) is 6.73. The van der Waals surface area contributed by atoms with Crippen molar-refractivity contribution in [3.05, 3.63) is 58.9 Å². The van der Waals surface area contributed by atoms with E-state index in [2.05, 4.69) is 27.0 Å². The summed E-state index contributed by atoms with van der Waals surface area (Å²) >= 11 is 0. The monoisotopic (exact) mass is 483 g/mol. The molecule has 0 saturated heterocycles. The largest absolute Gasteiger partial charge is 0.405 e. The first-order valence-electron chi connectivity index (χ1n) is 11.2. The molecule has 2 aromatic heterocycles. The molecule has 2 aliphatic rings. The number of hydrogen-bond donors (Lipinski definition) is 0. The topological polar surface area (TPSA) is 46.3 Å². The van der Waals surface area contributed by atoms with E-state index in [1.54, 1.807) is 22.3 Å². The van der Waals surface area contributed by atoms with Crippen LogP contribution in [0.1, 0.15) is 36.2 Å². The zero-order chi connectivity index (χ0) is 24.5. The van der Waals surface area contributed by atoms with Crippen LogP contribution in [0.5, 0.6) is 0 Å². The fourth-order valence-corrected chi connectivity index (χ4v) is 4.73. The molecule has 0 spiro atoms. The molecule has 0 N–H and O–H groups in total. The number of hydrogen-bond acceptors (Lipinski definition) is 4. The molecule has 6 rings (SSSR count). The van der Waals surface area contributed by atoms with Crippen molar-refractivity contribution in [2.45, 2.75) is 38.8 Å². The van der Waals surface area contributed by atoms with Crippen LogP contribution in [-0.4, -0.2) is 32.3 Å². The molecule has 0 amide bonds. The van der Waals surface area contributed by atoms with E-state index in [1.807, 2.05) is 0 Å². The van der Waals surface area contributed by atoms with Gasteiger partial charge in [0.2, 0.25) is 0 Å². The summed E-state index contributed by atoms with van der Waals surface area (Å²) in [5, 5.41) is 8.66. The summed E-state index contributed by atoms with van der Waals surface area (Å²) in [6.07, 6.45) is -3.36. The molecule has 0 radical (unpaired) electrons. The third-order valence-corrected chi connectivity index (χ3v) is 6.73. The van der Waals surface area contributed by atoms with Gasteiger partial charge < -0.3 is 4.90 Å². The molecular formula is C25H18F5N5. The lowest BCUT2D eigenvalue weighted by molar-refractivity contribution is -0.168. The fraction of sp³-hybridized carbons (Fsp3) is 0.320. The lowest BCUT2D eigenvalue weighted by atomic mass is 9.95. The lowest BCUT2D eigenvalue weighted by Crippen LogP contribution is -2.27. The molecule has 0 atom stereocenters. The molecule has 0 bridgehead atoms. The Balaban J connectivity index is 1.54. The average Bonchev–Trinajstić information content (AvgIpc) is 3.53. The van der Waals surface area contributed by atoms with Crippen LogP contribution < -0.4 is 4.90 Å². The van der Waals surface area contributed by atoms with E-state index in [9.17, 15) is 22.0 Å². The number of fused-ring (bicyclic) bond motifs is 4. The van der Waals surface area contributed by atoms with Gasteiger partial charge in [-0.05, 0) is 68.5 Å². The summed E-state index contributed by atoms with van der Waals surface area (Å²) < 4.78 is 70.8. The van der Waals surface area contributed by atoms with E-state index in [4.69, 9.17) is 0 Å². The first kappa shape index (κ1) is 21.8. The quantitative estimate of drug-likeness (QED) is 0.260. The molecule has 5 nitrogen and oxygen atoms in total. The molecular weight excluding hydrogens is 465 g/mol. The van der Waals surface area contributed by atoms with E-state index in [1.165, 1.54) is 24.3 Å². The zero-order valence-corrected chi connectivity index (χ0v) is 18.5. The van der Waals surface area contributed by atoms with Gasteiger partial charge in [-0.2, -0.15) is 18.2 Å². The number of rotatable bonds is 1. The van der Waals surface area contributed by atoms with Crippen molar-refractivity contribution in [2.24, 2.45) is 5.41 Å². The fourth-order valence-electron chi connectivity index (χ4n) is 4.73. The highest BCUT2D eigenvalue weighted by Crippen LogP contribution is 2.57. The van der Waals surface area contributed by atoms with Crippen LogP contribution in [0.15, 0.2) is 30.3 Å². The summed E-state index contributed by atoms with van der Waals surface area (Å²) in [4.78, 5) is 6.38. The Morgan fingerprint density at radius 3 is 2.57 bits per heavy atom. The van der Waals surface area contributed by atoms with Crippen LogP contribution in [0, 0.1) is 35.8 Å². The number of aryl methyl sites for hydroxylation is 1. The SMILES string of the molecule is Cc1nnc2nc(N3CCCc4c(C#CC5(C(F)(F)F)CC5)cc(F)cc43)c3cc(F)ccc3n12. The maximum atomic E-state index is 14.7. The van der Waals surface area contributed by atoms with Crippen molar-refractivity contribution < 1.29 is 22.0 Å². The molecule has 4 aromatic rings. The van der Waals surface area contributed by atoms with Crippen molar-refractivity contribution in [1.29, 1.82) is 0 Å². The molecule has 178 valence electrons. The van der Waals surface area contributed by atoms with E-state index < -0.39 is 23.2 Å². The molecule has 3 heterocycles. The second kappa shape index (κ2) is 7.38. The van der Waals surface area contributed by atoms with E-state index in [0.29, 0.717) is 59.0 Å². The second-order valence-electron chi connectivity index (χ2n) is 9.02. The summed E-state index contributed by atoms with van der Waals surface area (Å²) in [7, 11) is 0. The number of benzene rings is 2. The number of alkyl halides is 3. The van der Waals surface area contributed by atoms with E-state index in [0.717, 1.165) is 0 Å². The van der Waals surface area contributed by atoms with Gasteiger partial charge in [0.15, 0.2) is 0 Å². The van der Waals surface area contributed by atoms with Gasteiger partial charge in [0.05, 0.1) is 5.52 Å². The van der Waals surface area contributed by atoms with Gasteiger partial charge in [0, 0.05) is 23.2 Å². The normalized spacial score (nSPS) is 16.8. The minimum Gasteiger partial charge on any atom is -0.325 e. The van der Waals surface area contributed by atoms with Crippen LogP contribution in [0.25, 0.3) is 16.7 Å². The van der Waals surface area contributed by atoms with Crippen LogP contribution in [-0.2, 0) is 6.42 Å². The van der Waals surface area contributed by atoms with Gasteiger partial charge in [0.1, 0.15) is 28.7 Å². The Kier molecular flexibility index (Phi) is 4.59. The van der Waals surface area contributed by atoms with Gasteiger partial charge in [-0.15, -0.1) is 10.2 Å². The van der Waals surface area contributed by atoms with Crippen LogP contribution in [0.3, 0.4) is 0 Å². The first-order valence-corrected chi connectivity index (χ1v) is 11.2. The number of halogens is 5. The Bertz CT molecular complexity index is 1570. The van der Waals surface area contributed by atoms with Gasteiger partial charge in [-0.3, -0.25) is 4.40 Å². The summed E-state index contributed by atoms with van der Waals surface area (Å²) in [6, 6.07) is 6.79. The maximum absolute atomic E-state index is 14.7. The van der Waals surface area contributed by atoms with Crippen LogP contribution in [0.2, 0.25) is 0 Å². The highest BCUT2D eigenvalue weighted by molar-refractivity contribution is 5.94. The molecule has 1 aliphatic heterocycles. The van der Waals surface area contributed by atoms with Gasteiger partial charge in [-0.25, -0.2) is 8.78 Å². The minimum atomic E-state index is -4.42. The molecule has 1 fully saturated rings.